The Bertz CT molecular complexity index is 253. The van der Waals surface area contributed by atoms with Crippen LogP contribution in [0.25, 0.3) is 0 Å². The number of nitrogens with zero attached hydrogens (tertiary/aromatic N) is 1. The molecule has 0 aromatic carbocycles. The van der Waals surface area contributed by atoms with Crippen LogP contribution in [-0.4, -0.2) is 10.7 Å². The highest BCUT2D eigenvalue weighted by Crippen LogP contribution is 2.47. The van der Waals surface area contributed by atoms with E-state index in [0.29, 0.717) is 0 Å². The molecule has 1 saturated carbocycles. The molecule has 0 atom stereocenters. The molecule has 0 saturated heterocycles. The van der Waals surface area contributed by atoms with E-state index in [0.717, 1.165) is 51.4 Å². The highest BCUT2D eigenvalue weighted by molar-refractivity contribution is 5.11. The van der Waals surface area contributed by atoms with Crippen LogP contribution in [-0.2, 0) is 0 Å². The van der Waals surface area contributed by atoms with Gasteiger partial charge in [0, 0.05) is 0 Å². The van der Waals surface area contributed by atoms with Gasteiger partial charge in [-0.15, -0.1) is 0 Å². The summed E-state index contributed by atoms with van der Waals surface area (Å²) >= 11 is 0. The Morgan fingerprint density at radius 2 is 1.53 bits per heavy atom. The average molecular weight is 237 g/mol. The van der Waals surface area contributed by atoms with E-state index in [2.05, 4.69) is 19.9 Å². The molecule has 17 heavy (non-hydrogen) atoms. The maximum atomic E-state index is 11.0. The van der Waals surface area contributed by atoms with Gasteiger partial charge in [0.1, 0.15) is 0 Å². The molecular weight excluding hydrogens is 210 g/mol. The summed E-state index contributed by atoms with van der Waals surface area (Å²) in [4.78, 5) is 0. The Morgan fingerprint density at radius 1 is 1.06 bits per heavy atom. The van der Waals surface area contributed by atoms with E-state index < -0.39 is 11.0 Å². The molecule has 0 aromatic heterocycles. The van der Waals surface area contributed by atoms with Crippen LogP contribution >= 0.6 is 0 Å². The van der Waals surface area contributed by atoms with E-state index in [1.807, 2.05) is 0 Å². The molecule has 0 radical (unpaired) electrons. The maximum Gasteiger partial charge on any atom is 0.0860 e. The van der Waals surface area contributed by atoms with E-state index >= 15 is 0 Å². The first-order valence-electron chi connectivity index (χ1n) is 7.28. The van der Waals surface area contributed by atoms with Gasteiger partial charge in [0.25, 0.3) is 0 Å². The molecule has 1 aliphatic rings. The van der Waals surface area contributed by atoms with Crippen LogP contribution in [0, 0.1) is 16.7 Å². The summed E-state index contributed by atoms with van der Waals surface area (Å²) in [5.41, 5.74) is -1.23. The number of hydrogen-bond donors (Lipinski definition) is 1. The second-order valence-corrected chi connectivity index (χ2v) is 5.64. The summed E-state index contributed by atoms with van der Waals surface area (Å²) in [5.74, 6) is 0. The molecule has 0 unspecified atom stereocenters. The SMILES string of the molecule is CCCC(O)(CCC)C1(C#N)CCCCCC1. The van der Waals surface area contributed by atoms with Gasteiger partial charge in [0.15, 0.2) is 0 Å². The lowest BCUT2D eigenvalue weighted by molar-refractivity contribution is -0.0771. The highest BCUT2D eigenvalue weighted by Gasteiger charge is 2.49. The molecule has 1 rings (SSSR count). The van der Waals surface area contributed by atoms with Crippen LogP contribution in [0.5, 0.6) is 0 Å². The molecule has 2 nitrogen and oxygen atoms in total. The first kappa shape index (κ1) is 14.5. The third kappa shape index (κ3) is 3.01. The van der Waals surface area contributed by atoms with E-state index in [1.165, 1.54) is 12.8 Å². The summed E-state index contributed by atoms with van der Waals surface area (Å²) in [6.45, 7) is 4.20. The van der Waals surface area contributed by atoms with Gasteiger partial charge >= 0.3 is 0 Å². The smallest absolute Gasteiger partial charge is 0.0860 e. The quantitative estimate of drug-likeness (QED) is 0.729. The van der Waals surface area contributed by atoms with E-state index in [9.17, 15) is 10.4 Å². The monoisotopic (exact) mass is 237 g/mol. The van der Waals surface area contributed by atoms with Crippen molar-refractivity contribution in [3.05, 3.63) is 0 Å². The van der Waals surface area contributed by atoms with Crippen LogP contribution in [0.1, 0.15) is 78.1 Å². The second-order valence-electron chi connectivity index (χ2n) is 5.64. The molecule has 0 aromatic rings. The van der Waals surface area contributed by atoms with Gasteiger partial charge < -0.3 is 5.11 Å². The van der Waals surface area contributed by atoms with Crippen LogP contribution in [0.15, 0.2) is 0 Å². The van der Waals surface area contributed by atoms with Gasteiger partial charge in [0.2, 0.25) is 0 Å². The van der Waals surface area contributed by atoms with E-state index in [4.69, 9.17) is 0 Å². The zero-order valence-corrected chi connectivity index (χ0v) is 11.5. The minimum absolute atomic E-state index is 0.477. The molecule has 0 heterocycles. The van der Waals surface area contributed by atoms with Gasteiger partial charge in [-0.25, -0.2) is 0 Å². The minimum atomic E-state index is -0.754. The zero-order chi connectivity index (χ0) is 12.8. The zero-order valence-electron chi connectivity index (χ0n) is 11.5. The standard InChI is InChI=1S/C15H27NO/c1-3-9-15(17,10-4-2)14(13-16)11-7-5-6-8-12-14/h17H,3-12H2,1-2H3. The van der Waals surface area contributed by atoms with Gasteiger partial charge in [-0.05, 0) is 25.7 Å². The molecule has 0 bridgehead atoms. The maximum absolute atomic E-state index is 11.0. The summed E-state index contributed by atoms with van der Waals surface area (Å²) in [6.07, 6.45) is 9.88. The normalized spacial score (nSPS) is 20.6. The third-order valence-electron chi connectivity index (χ3n) is 4.39. The number of rotatable bonds is 5. The summed E-state index contributed by atoms with van der Waals surface area (Å²) in [7, 11) is 0. The van der Waals surface area contributed by atoms with Crippen molar-refractivity contribution in [3.8, 4) is 6.07 Å². The number of nitriles is 1. The predicted molar refractivity (Wildman–Crippen MR) is 70.5 cm³/mol. The Kier molecular flexibility index (Phi) is 5.46. The molecule has 1 aliphatic carbocycles. The number of hydrogen-bond acceptors (Lipinski definition) is 2. The molecule has 98 valence electrons. The Morgan fingerprint density at radius 3 is 1.88 bits per heavy atom. The predicted octanol–water partition coefficient (Wildman–Crippen LogP) is 4.18. The lowest BCUT2D eigenvalue weighted by Gasteiger charge is -2.42. The molecular formula is C15H27NO. The van der Waals surface area contributed by atoms with Crippen molar-refractivity contribution in [1.29, 1.82) is 5.26 Å². The topological polar surface area (TPSA) is 44.0 Å². The van der Waals surface area contributed by atoms with Crippen LogP contribution in [0.2, 0.25) is 0 Å². The van der Waals surface area contributed by atoms with Gasteiger partial charge in [-0.3, -0.25) is 0 Å². The van der Waals surface area contributed by atoms with Gasteiger partial charge in [0.05, 0.1) is 17.1 Å². The Hall–Kier alpha value is -0.550. The fourth-order valence-corrected chi connectivity index (χ4v) is 3.44. The highest BCUT2D eigenvalue weighted by atomic mass is 16.3. The van der Waals surface area contributed by atoms with E-state index in [-0.39, 0.29) is 0 Å². The van der Waals surface area contributed by atoms with Crippen molar-refractivity contribution in [2.24, 2.45) is 5.41 Å². The molecule has 0 amide bonds. The minimum Gasteiger partial charge on any atom is -0.388 e. The van der Waals surface area contributed by atoms with Crippen molar-refractivity contribution < 1.29 is 5.11 Å². The molecule has 2 heteroatoms. The molecule has 0 aliphatic heterocycles. The Balaban J connectivity index is 2.96. The summed E-state index contributed by atoms with van der Waals surface area (Å²) in [5, 5.41) is 20.6. The van der Waals surface area contributed by atoms with E-state index in [1.54, 1.807) is 0 Å². The largest absolute Gasteiger partial charge is 0.388 e. The Labute approximate surface area is 106 Å². The fourth-order valence-electron chi connectivity index (χ4n) is 3.44. The average Bonchev–Trinajstić information content (AvgIpc) is 2.56. The second kappa shape index (κ2) is 6.40. The van der Waals surface area contributed by atoms with Crippen LogP contribution in [0.4, 0.5) is 0 Å². The van der Waals surface area contributed by atoms with Gasteiger partial charge in [-0.1, -0.05) is 52.4 Å². The van der Waals surface area contributed by atoms with Crippen molar-refractivity contribution >= 4 is 0 Å². The summed E-state index contributed by atoms with van der Waals surface area (Å²) < 4.78 is 0. The van der Waals surface area contributed by atoms with Gasteiger partial charge in [-0.2, -0.15) is 5.26 Å². The fraction of sp³-hybridized carbons (Fsp3) is 0.933. The number of aliphatic hydroxyl groups is 1. The first-order valence-corrected chi connectivity index (χ1v) is 7.28. The van der Waals surface area contributed by atoms with Crippen molar-refractivity contribution in [2.75, 3.05) is 0 Å². The van der Waals surface area contributed by atoms with Crippen LogP contribution < -0.4 is 0 Å². The third-order valence-corrected chi connectivity index (χ3v) is 4.39. The lowest BCUT2D eigenvalue weighted by atomic mass is 9.64. The van der Waals surface area contributed by atoms with Crippen molar-refractivity contribution in [2.45, 2.75) is 83.7 Å². The first-order chi connectivity index (χ1) is 8.14. The molecule has 1 fully saturated rings. The molecule has 0 spiro atoms. The van der Waals surface area contributed by atoms with Crippen molar-refractivity contribution in [3.63, 3.8) is 0 Å². The summed E-state index contributed by atoms with van der Waals surface area (Å²) in [6, 6.07) is 2.52. The lowest BCUT2D eigenvalue weighted by Crippen LogP contribution is -2.47. The molecule has 1 N–H and O–H groups in total. The van der Waals surface area contributed by atoms with Crippen LogP contribution in [0.3, 0.4) is 0 Å². The van der Waals surface area contributed by atoms with Crippen molar-refractivity contribution in [1.82, 2.24) is 0 Å².